The molecular formula is C16H21N3O2. The van der Waals surface area contributed by atoms with Gasteiger partial charge in [0.15, 0.2) is 0 Å². The molecule has 2 rings (SSSR count). The number of nitrogens with zero attached hydrogens (tertiary/aromatic N) is 3. The third-order valence-electron chi connectivity index (χ3n) is 3.59. The van der Waals surface area contributed by atoms with Gasteiger partial charge in [-0.15, -0.1) is 0 Å². The fraction of sp³-hybridized carbons (Fsp3) is 0.500. The van der Waals surface area contributed by atoms with Crippen LogP contribution in [-0.2, 0) is 4.79 Å². The summed E-state index contributed by atoms with van der Waals surface area (Å²) in [6.45, 7) is 5.34. The van der Waals surface area contributed by atoms with Crippen molar-refractivity contribution in [2.75, 3.05) is 37.7 Å². The molecule has 0 bridgehead atoms. The third-order valence-corrected chi connectivity index (χ3v) is 3.59. The number of carbonyl (C=O) groups excluding carboxylic acids is 1. The number of nitriles is 1. The summed E-state index contributed by atoms with van der Waals surface area (Å²) in [6.07, 6.45) is 0.896. The largest absolute Gasteiger partial charge is 0.494 e. The van der Waals surface area contributed by atoms with E-state index in [1.807, 2.05) is 31.2 Å². The number of hydrogen-bond acceptors (Lipinski definition) is 4. The lowest BCUT2D eigenvalue weighted by Crippen LogP contribution is -2.33. The number of carbonyl (C=O) groups is 1. The number of amides is 1. The predicted octanol–water partition coefficient (Wildman–Crippen LogP) is 2.04. The van der Waals surface area contributed by atoms with Crippen molar-refractivity contribution >= 4 is 11.6 Å². The highest BCUT2D eigenvalue weighted by atomic mass is 16.5. The second-order valence-electron chi connectivity index (χ2n) is 4.95. The first-order valence-electron chi connectivity index (χ1n) is 7.37. The van der Waals surface area contributed by atoms with E-state index in [2.05, 4.69) is 11.0 Å². The summed E-state index contributed by atoms with van der Waals surface area (Å²) in [5, 5.41) is 8.64. The molecule has 0 aliphatic carbocycles. The normalized spacial score (nSPS) is 15.5. The van der Waals surface area contributed by atoms with Gasteiger partial charge in [0, 0.05) is 38.3 Å². The molecule has 0 N–H and O–H groups in total. The predicted molar refractivity (Wildman–Crippen MR) is 81.3 cm³/mol. The topological polar surface area (TPSA) is 56.6 Å². The average Bonchev–Trinajstić information content (AvgIpc) is 2.68. The quantitative estimate of drug-likeness (QED) is 0.831. The first kappa shape index (κ1) is 15.2. The molecule has 0 unspecified atom stereocenters. The molecule has 1 aliphatic heterocycles. The minimum Gasteiger partial charge on any atom is -0.494 e. The third kappa shape index (κ3) is 4.12. The molecule has 1 saturated heterocycles. The number of anilines is 1. The molecule has 1 aliphatic rings. The van der Waals surface area contributed by atoms with Crippen LogP contribution in [0.1, 0.15) is 19.8 Å². The first-order chi connectivity index (χ1) is 10.2. The molecule has 5 heteroatoms. The average molecular weight is 287 g/mol. The van der Waals surface area contributed by atoms with Gasteiger partial charge >= 0.3 is 0 Å². The van der Waals surface area contributed by atoms with Crippen LogP contribution in [0.25, 0.3) is 0 Å². The number of ether oxygens (including phenoxy) is 1. The zero-order chi connectivity index (χ0) is 15.1. The van der Waals surface area contributed by atoms with E-state index in [0.717, 1.165) is 24.5 Å². The van der Waals surface area contributed by atoms with Crippen LogP contribution in [-0.4, -0.2) is 43.6 Å². The van der Waals surface area contributed by atoms with Crippen molar-refractivity contribution < 1.29 is 9.53 Å². The van der Waals surface area contributed by atoms with Crippen LogP contribution < -0.4 is 9.64 Å². The molecule has 1 heterocycles. The maximum absolute atomic E-state index is 12.0. The van der Waals surface area contributed by atoms with Gasteiger partial charge in [-0.1, -0.05) is 0 Å². The van der Waals surface area contributed by atoms with Crippen LogP contribution in [0.5, 0.6) is 5.75 Å². The maximum atomic E-state index is 12.0. The Morgan fingerprint density at radius 1 is 1.24 bits per heavy atom. The summed E-state index contributed by atoms with van der Waals surface area (Å²) < 4.78 is 5.44. The Labute approximate surface area is 125 Å². The fourth-order valence-corrected chi connectivity index (χ4v) is 2.47. The number of rotatable bonds is 5. The second-order valence-corrected chi connectivity index (χ2v) is 4.95. The maximum Gasteiger partial charge on any atom is 0.224 e. The Balaban J connectivity index is 1.98. The standard InChI is InChI=1S/C16H21N3O2/c1-2-21-15-6-4-14(5-7-15)18-11-8-16(20)19(13-12-18)10-3-9-17/h4-7H,2-3,8,10-13H2,1H3. The van der Waals surface area contributed by atoms with Crippen molar-refractivity contribution in [1.29, 1.82) is 5.26 Å². The second kappa shape index (κ2) is 7.53. The van der Waals surface area contributed by atoms with Gasteiger partial charge in [0.2, 0.25) is 5.91 Å². The molecule has 0 spiro atoms. The highest BCUT2D eigenvalue weighted by Crippen LogP contribution is 2.21. The highest BCUT2D eigenvalue weighted by molar-refractivity contribution is 5.77. The molecule has 0 saturated carbocycles. The first-order valence-corrected chi connectivity index (χ1v) is 7.37. The minimum atomic E-state index is 0.138. The molecule has 0 aromatic heterocycles. The molecule has 0 radical (unpaired) electrons. The monoisotopic (exact) mass is 287 g/mol. The van der Waals surface area contributed by atoms with Gasteiger partial charge in [-0.05, 0) is 31.2 Å². The van der Waals surface area contributed by atoms with Crippen LogP contribution in [0.15, 0.2) is 24.3 Å². The van der Waals surface area contributed by atoms with E-state index in [4.69, 9.17) is 10.00 Å². The fourth-order valence-electron chi connectivity index (χ4n) is 2.47. The van der Waals surface area contributed by atoms with E-state index in [1.54, 1.807) is 4.90 Å². The van der Waals surface area contributed by atoms with E-state index in [-0.39, 0.29) is 5.91 Å². The van der Waals surface area contributed by atoms with Gasteiger partial charge in [0.05, 0.1) is 19.1 Å². The molecule has 1 fully saturated rings. The molecule has 21 heavy (non-hydrogen) atoms. The molecule has 5 nitrogen and oxygen atoms in total. The van der Waals surface area contributed by atoms with Gasteiger partial charge in [-0.3, -0.25) is 4.79 Å². The van der Waals surface area contributed by atoms with E-state index in [0.29, 0.717) is 32.5 Å². The summed E-state index contributed by atoms with van der Waals surface area (Å²) in [5.41, 5.74) is 1.10. The number of hydrogen-bond donors (Lipinski definition) is 0. The summed E-state index contributed by atoms with van der Waals surface area (Å²) in [5.74, 6) is 1.00. The Bertz CT molecular complexity index is 507. The van der Waals surface area contributed by atoms with Crippen molar-refractivity contribution in [2.45, 2.75) is 19.8 Å². The van der Waals surface area contributed by atoms with Crippen molar-refractivity contribution in [2.24, 2.45) is 0 Å². The van der Waals surface area contributed by atoms with Gasteiger partial charge in [0.25, 0.3) is 0 Å². The number of benzene rings is 1. The Hall–Kier alpha value is -2.22. The SMILES string of the molecule is CCOc1ccc(N2CCC(=O)N(CCC#N)CC2)cc1. The lowest BCUT2D eigenvalue weighted by atomic mass is 10.2. The smallest absolute Gasteiger partial charge is 0.224 e. The van der Waals surface area contributed by atoms with Gasteiger partial charge < -0.3 is 14.5 Å². The Kier molecular flexibility index (Phi) is 5.44. The van der Waals surface area contributed by atoms with Crippen LogP contribution in [0.2, 0.25) is 0 Å². The zero-order valence-corrected chi connectivity index (χ0v) is 12.4. The van der Waals surface area contributed by atoms with Crippen molar-refractivity contribution in [3.63, 3.8) is 0 Å². The molecule has 0 atom stereocenters. The van der Waals surface area contributed by atoms with Crippen LogP contribution in [0.3, 0.4) is 0 Å². The van der Waals surface area contributed by atoms with Crippen LogP contribution >= 0.6 is 0 Å². The van der Waals surface area contributed by atoms with E-state index in [9.17, 15) is 4.79 Å². The molecule has 1 aromatic rings. The van der Waals surface area contributed by atoms with E-state index in [1.165, 1.54) is 0 Å². The van der Waals surface area contributed by atoms with Gasteiger partial charge in [0.1, 0.15) is 5.75 Å². The Morgan fingerprint density at radius 2 is 2.00 bits per heavy atom. The van der Waals surface area contributed by atoms with Crippen LogP contribution in [0, 0.1) is 11.3 Å². The van der Waals surface area contributed by atoms with Crippen molar-refractivity contribution in [3.05, 3.63) is 24.3 Å². The van der Waals surface area contributed by atoms with Gasteiger partial charge in [-0.25, -0.2) is 0 Å². The zero-order valence-electron chi connectivity index (χ0n) is 12.4. The lowest BCUT2D eigenvalue weighted by molar-refractivity contribution is -0.130. The summed E-state index contributed by atoms with van der Waals surface area (Å²) in [4.78, 5) is 16.0. The van der Waals surface area contributed by atoms with Crippen molar-refractivity contribution in [3.8, 4) is 11.8 Å². The molecule has 1 amide bonds. The van der Waals surface area contributed by atoms with E-state index >= 15 is 0 Å². The van der Waals surface area contributed by atoms with Crippen molar-refractivity contribution in [1.82, 2.24) is 4.90 Å². The summed E-state index contributed by atoms with van der Waals surface area (Å²) in [6, 6.07) is 10.1. The highest BCUT2D eigenvalue weighted by Gasteiger charge is 2.20. The Morgan fingerprint density at radius 3 is 2.67 bits per heavy atom. The van der Waals surface area contributed by atoms with Crippen LogP contribution in [0.4, 0.5) is 5.69 Å². The van der Waals surface area contributed by atoms with Gasteiger partial charge in [-0.2, -0.15) is 5.26 Å². The summed E-state index contributed by atoms with van der Waals surface area (Å²) >= 11 is 0. The lowest BCUT2D eigenvalue weighted by Gasteiger charge is -2.23. The van der Waals surface area contributed by atoms with E-state index < -0.39 is 0 Å². The summed E-state index contributed by atoms with van der Waals surface area (Å²) in [7, 11) is 0. The molecular weight excluding hydrogens is 266 g/mol. The minimum absolute atomic E-state index is 0.138. The molecule has 112 valence electrons. The molecule has 1 aromatic carbocycles.